The Bertz CT molecular complexity index is 429. The fourth-order valence-electron chi connectivity index (χ4n) is 3.90. The van der Waals surface area contributed by atoms with E-state index < -0.39 is 0 Å². The lowest BCUT2D eigenvalue weighted by molar-refractivity contribution is -0.169. The van der Waals surface area contributed by atoms with Crippen LogP contribution in [0.5, 0.6) is 0 Å². The van der Waals surface area contributed by atoms with E-state index in [2.05, 4.69) is 6.92 Å². The van der Waals surface area contributed by atoms with Gasteiger partial charge < -0.3 is 14.5 Å². The minimum atomic E-state index is -0.330. The number of carbonyl (C=O) groups excluding carboxylic acids is 2. The molecule has 0 N–H and O–H groups in total. The third-order valence-corrected chi connectivity index (χ3v) is 5.00. The third kappa shape index (κ3) is 1.86. The molecule has 3 unspecified atom stereocenters. The van der Waals surface area contributed by atoms with Crippen molar-refractivity contribution < 1.29 is 14.3 Å². The van der Waals surface area contributed by atoms with E-state index in [4.69, 9.17) is 4.74 Å². The monoisotopic (exact) mass is 280 g/mol. The molecule has 0 radical (unpaired) electrons. The van der Waals surface area contributed by atoms with Crippen molar-refractivity contribution in [1.82, 2.24) is 9.80 Å². The number of piperazine rings is 1. The highest BCUT2D eigenvalue weighted by atomic mass is 16.5. The van der Waals surface area contributed by atoms with Gasteiger partial charge in [0, 0.05) is 13.2 Å². The maximum Gasteiger partial charge on any atom is 0.246 e. The highest BCUT2D eigenvalue weighted by Gasteiger charge is 2.54. The number of amides is 2. The van der Waals surface area contributed by atoms with E-state index in [1.165, 1.54) is 0 Å². The van der Waals surface area contributed by atoms with Crippen molar-refractivity contribution in [1.29, 1.82) is 0 Å². The predicted octanol–water partition coefficient (Wildman–Crippen LogP) is 1.02. The summed E-state index contributed by atoms with van der Waals surface area (Å²) < 4.78 is 5.52. The molecular formula is C15H24N2O3. The number of hydrogen-bond donors (Lipinski definition) is 0. The summed E-state index contributed by atoms with van der Waals surface area (Å²) in [5, 5.41) is 0. The van der Waals surface area contributed by atoms with Crippen LogP contribution in [-0.2, 0) is 14.3 Å². The quantitative estimate of drug-likeness (QED) is 0.759. The van der Waals surface area contributed by atoms with Crippen molar-refractivity contribution in [2.45, 2.75) is 57.7 Å². The van der Waals surface area contributed by atoms with Crippen LogP contribution < -0.4 is 0 Å². The van der Waals surface area contributed by atoms with Gasteiger partial charge in [0.05, 0.1) is 12.1 Å². The fourth-order valence-corrected chi connectivity index (χ4v) is 3.90. The Labute approximate surface area is 120 Å². The molecule has 20 heavy (non-hydrogen) atoms. The molecule has 3 atom stereocenters. The molecule has 3 aliphatic heterocycles. The molecule has 3 rings (SSSR count). The molecule has 0 aromatic rings. The Morgan fingerprint density at radius 3 is 2.65 bits per heavy atom. The molecule has 112 valence electrons. The second-order valence-corrected chi connectivity index (χ2v) is 6.89. The van der Waals surface area contributed by atoms with Crippen LogP contribution in [0.15, 0.2) is 0 Å². The lowest BCUT2D eigenvalue weighted by Crippen LogP contribution is -2.70. The number of hydrogen-bond acceptors (Lipinski definition) is 3. The summed E-state index contributed by atoms with van der Waals surface area (Å²) in [4.78, 5) is 29.4. The summed E-state index contributed by atoms with van der Waals surface area (Å²) in [6.45, 7) is 8.07. The number of rotatable bonds is 2. The van der Waals surface area contributed by atoms with Crippen LogP contribution in [0.4, 0.5) is 0 Å². The van der Waals surface area contributed by atoms with Gasteiger partial charge in [-0.3, -0.25) is 9.59 Å². The average Bonchev–Trinajstić information content (AvgIpc) is 3.02. The van der Waals surface area contributed by atoms with Gasteiger partial charge in [0.2, 0.25) is 11.8 Å². The maximum absolute atomic E-state index is 12.9. The van der Waals surface area contributed by atoms with Gasteiger partial charge in [0.25, 0.3) is 0 Å². The first kappa shape index (κ1) is 13.9. The van der Waals surface area contributed by atoms with Crippen molar-refractivity contribution in [3.63, 3.8) is 0 Å². The number of ether oxygens (including phenoxy) is 1. The molecule has 3 saturated heterocycles. The normalized spacial score (nSPS) is 38.0. The van der Waals surface area contributed by atoms with Gasteiger partial charge >= 0.3 is 0 Å². The molecule has 0 bridgehead atoms. The summed E-state index contributed by atoms with van der Waals surface area (Å²) in [6.07, 6.45) is 2.57. The van der Waals surface area contributed by atoms with Gasteiger partial charge in [0.15, 0.2) is 0 Å². The summed E-state index contributed by atoms with van der Waals surface area (Å²) >= 11 is 0. The van der Waals surface area contributed by atoms with Gasteiger partial charge in [-0.2, -0.15) is 0 Å². The number of carbonyl (C=O) groups is 2. The zero-order chi connectivity index (χ0) is 14.5. The highest BCUT2D eigenvalue weighted by Crippen LogP contribution is 2.37. The lowest BCUT2D eigenvalue weighted by atomic mass is 9.88. The minimum absolute atomic E-state index is 0.130. The molecular weight excluding hydrogens is 256 g/mol. The van der Waals surface area contributed by atoms with Crippen molar-refractivity contribution in [2.75, 3.05) is 19.8 Å². The van der Waals surface area contributed by atoms with Crippen molar-refractivity contribution in [3.8, 4) is 0 Å². The van der Waals surface area contributed by atoms with E-state index in [1.54, 1.807) is 0 Å². The molecule has 5 nitrogen and oxygen atoms in total. The van der Waals surface area contributed by atoms with E-state index >= 15 is 0 Å². The Balaban J connectivity index is 1.99. The first-order valence-electron chi connectivity index (χ1n) is 7.67. The maximum atomic E-state index is 12.9. The number of nitrogens with zero attached hydrogens (tertiary/aromatic N) is 2. The van der Waals surface area contributed by atoms with Crippen LogP contribution in [0.25, 0.3) is 0 Å². The first-order chi connectivity index (χ1) is 9.46. The fraction of sp³-hybridized carbons (Fsp3) is 0.867. The van der Waals surface area contributed by atoms with Crippen LogP contribution in [0, 0.1) is 5.92 Å². The smallest absolute Gasteiger partial charge is 0.246 e. The van der Waals surface area contributed by atoms with E-state index in [0.717, 1.165) is 25.8 Å². The molecule has 0 aliphatic carbocycles. The van der Waals surface area contributed by atoms with Gasteiger partial charge in [-0.25, -0.2) is 0 Å². The van der Waals surface area contributed by atoms with E-state index in [0.29, 0.717) is 13.2 Å². The van der Waals surface area contributed by atoms with Crippen LogP contribution in [0.2, 0.25) is 0 Å². The van der Waals surface area contributed by atoms with Crippen LogP contribution >= 0.6 is 0 Å². The highest BCUT2D eigenvalue weighted by molar-refractivity contribution is 5.98. The van der Waals surface area contributed by atoms with Crippen molar-refractivity contribution >= 4 is 11.8 Å². The molecule has 0 spiro atoms. The Morgan fingerprint density at radius 1 is 1.30 bits per heavy atom. The zero-order valence-corrected chi connectivity index (χ0v) is 12.6. The zero-order valence-electron chi connectivity index (χ0n) is 12.6. The summed E-state index contributed by atoms with van der Waals surface area (Å²) in [6, 6.07) is -0.557. The van der Waals surface area contributed by atoms with Crippen LogP contribution in [0.1, 0.15) is 40.0 Å². The van der Waals surface area contributed by atoms with E-state index in [1.807, 2.05) is 23.6 Å². The van der Waals surface area contributed by atoms with Gasteiger partial charge in [0.1, 0.15) is 12.1 Å². The molecule has 0 aromatic heterocycles. The molecule has 2 amide bonds. The van der Waals surface area contributed by atoms with Gasteiger partial charge in [-0.15, -0.1) is 0 Å². The summed E-state index contributed by atoms with van der Waals surface area (Å²) in [5.74, 6) is 0.398. The van der Waals surface area contributed by atoms with Crippen molar-refractivity contribution in [3.05, 3.63) is 0 Å². The largest absolute Gasteiger partial charge is 0.379 e. The van der Waals surface area contributed by atoms with Crippen LogP contribution in [0.3, 0.4) is 0 Å². The molecule has 0 aromatic carbocycles. The Morgan fingerprint density at radius 2 is 2.05 bits per heavy atom. The van der Waals surface area contributed by atoms with E-state index in [-0.39, 0.29) is 35.4 Å². The molecule has 3 aliphatic rings. The van der Waals surface area contributed by atoms with Crippen molar-refractivity contribution in [2.24, 2.45) is 5.92 Å². The standard InChI is InChI=1S/C15H24N2O3/c1-10(2)12-14(19)16-7-4-5-11(16)13(18)17(12)15(3)6-8-20-9-15/h10-12H,4-9H2,1-3H3. The van der Waals surface area contributed by atoms with Crippen LogP contribution in [-0.4, -0.2) is 59.0 Å². The van der Waals surface area contributed by atoms with E-state index in [9.17, 15) is 9.59 Å². The Kier molecular flexibility index (Phi) is 3.27. The first-order valence-corrected chi connectivity index (χ1v) is 7.67. The second-order valence-electron chi connectivity index (χ2n) is 6.89. The molecule has 5 heteroatoms. The SMILES string of the molecule is CC(C)C1C(=O)N2CCCC2C(=O)N1C1(C)CCOC1. The summed E-state index contributed by atoms with van der Waals surface area (Å²) in [5.41, 5.74) is -0.323. The molecule has 0 saturated carbocycles. The molecule has 3 heterocycles. The third-order valence-electron chi connectivity index (χ3n) is 5.00. The average molecular weight is 280 g/mol. The number of fused-ring (bicyclic) bond motifs is 1. The van der Waals surface area contributed by atoms with Gasteiger partial charge in [-0.05, 0) is 32.1 Å². The second kappa shape index (κ2) is 4.72. The minimum Gasteiger partial charge on any atom is -0.379 e. The van der Waals surface area contributed by atoms with Gasteiger partial charge in [-0.1, -0.05) is 13.8 Å². The molecule has 3 fully saturated rings. The topological polar surface area (TPSA) is 49.9 Å². The summed E-state index contributed by atoms with van der Waals surface area (Å²) in [7, 11) is 0. The predicted molar refractivity (Wildman–Crippen MR) is 74.0 cm³/mol. The Hall–Kier alpha value is -1.10. The lowest BCUT2D eigenvalue weighted by Gasteiger charge is -2.50.